The molecule has 1 aromatic heterocycles. The van der Waals surface area contributed by atoms with E-state index in [4.69, 9.17) is 0 Å². The third kappa shape index (κ3) is 4.26. The summed E-state index contributed by atoms with van der Waals surface area (Å²) in [7, 11) is 0. The Morgan fingerprint density at radius 3 is 2.94 bits per heavy atom. The first-order valence-electron chi connectivity index (χ1n) is 5.17. The van der Waals surface area contributed by atoms with Gasteiger partial charge in [-0.25, -0.2) is 9.37 Å². The van der Waals surface area contributed by atoms with Crippen LogP contribution >= 0.6 is 15.9 Å². The van der Waals surface area contributed by atoms with Crippen molar-refractivity contribution in [1.29, 1.82) is 0 Å². The average molecular weight is 289 g/mol. The molecule has 0 aliphatic heterocycles. The fourth-order valence-corrected chi connectivity index (χ4v) is 1.38. The number of amides is 1. The van der Waals surface area contributed by atoms with Gasteiger partial charge in [0, 0.05) is 11.4 Å². The SMILES string of the molecule is CCC(Br)CCNC(=O)c1ccc(F)cn1. The van der Waals surface area contributed by atoms with Gasteiger partial charge in [0.05, 0.1) is 6.20 Å². The summed E-state index contributed by atoms with van der Waals surface area (Å²) in [5.74, 6) is -0.709. The number of alkyl halides is 1. The van der Waals surface area contributed by atoms with Crippen molar-refractivity contribution in [2.24, 2.45) is 0 Å². The Kier molecular flexibility index (Phi) is 5.38. The fourth-order valence-electron chi connectivity index (χ4n) is 1.15. The molecule has 1 N–H and O–H groups in total. The lowest BCUT2D eigenvalue weighted by molar-refractivity contribution is 0.0948. The molecule has 0 radical (unpaired) electrons. The molecule has 0 aliphatic carbocycles. The van der Waals surface area contributed by atoms with E-state index in [0.29, 0.717) is 11.4 Å². The van der Waals surface area contributed by atoms with Gasteiger partial charge >= 0.3 is 0 Å². The minimum absolute atomic E-state index is 0.240. The molecular formula is C11H14BrFN2O. The zero-order valence-electron chi connectivity index (χ0n) is 9.04. The van der Waals surface area contributed by atoms with Gasteiger partial charge in [0.1, 0.15) is 11.5 Å². The van der Waals surface area contributed by atoms with Crippen molar-refractivity contribution in [1.82, 2.24) is 10.3 Å². The largest absolute Gasteiger partial charge is 0.351 e. The highest BCUT2D eigenvalue weighted by Gasteiger charge is 2.07. The third-order valence-electron chi connectivity index (χ3n) is 2.15. The van der Waals surface area contributed by atoms with Crippen LogP contribution in [0.2, 0.25) is 0 Å². The summed E-state index contributed by atoms with van der Waals surface area (Å²) in [6, 6.07) is 2.59. The highest BCUT2D eigenvalue weighted by molar-refractivity contribution is 9.09. The number of hydrogen-bond acceptors (Lipinski definition) is 2. The second-order valence-electron chi connectivity index (χ2n) is 3.41. The molecule has 0 bridgehead atoms. The molecule has 1 atom stereocenters. The van der Waals surface area contributed by atoms with Crippen molar-refractivity contribution >= 4 is 21.8 Å². The third-order valence-corrected chi connectivity index (χ3v) is 3.25. The summed E-state index contributed by atoms with van der Waals surface area (Å²) >= 11 is 3.48. The van der Waals surface area contributed by atoms with Crippen LogP contribution in [0, 0.1) is 5.82 Å². The van der Waals surface area contributed by atoms with Crippen LogP contribution in [0.25, 0.3) is 0 Å². The molecule has 1 amide bonds. The number of carbonyl (C=O) groups excluding carboxylic acids is 1. The number of halogens is 2. The Morgan fingerprint density at radius 2 is 2.38 bits per heavy atom. The van der Waals surface area contributed by atoms with Gasteiger partial charge in [-0.2, -0.15) is 0 Å². The van der Waals surface area contributed by atoms with Crippen molar-refractivity contribution in [2.45, 2.75) is 24.6 Å². The lowest BCUT2D eigenvalue weighted by Crippen LogP contribution is -2.26. The van der Waals surface area contributed by atoms with E-state index in [2.05, 4.69) is 33.2 Å². The maximum Gasteiger partial charge on any atom is 0.269 e. The number of pyridine rings is 1. The highest BCUT2D eigenvalue weighted by atomic mass is 79.9. The van der Waals surface area contributed by atoms with E-state index >= 15 is 0 Å². The summed E-state index contributed by atoms with van der Waals surface area (Å²) in [6.45, 7) is 2.66. The molecule has 1 rings (SSSR count). The lowest BCUT2D eigenvalue weighted by atomic mass is 10.2. The molecule has 88 valence electrons. The van der Waals surface area contributed by atoms with Crippen LogP contribution in [0.15, 0.2) is 18.3 Å². The van der Waals surface area contributed by atoms with Crippen LogP contribution in [0.4, 0.5) is 4.39 Å². The number of hydrogen-bond donors (Lipinski definition) is 1. The molecule has 1 unspecified atom stereocenters. The second-order valence-corrected chi connectivity index (χ2v) is 4.71. The van der Waals surface area contributed by atoms with Crippen molar-refractivity contribution in [3.05, 3.63) is 29.8 Å². The van der Waals surface area contributed by atoms with Gasteiger partial charge in [-0.1, -0.05) is 22.9 Å². The van der Waals surface area contributed by atoms with Gasteiger partial charge in [0.2, 0.25) is 0 Å². The van der Waals surface area contributed by atoms with Gasteiger partial charge in [-0.3, -0.25) is 4.79 Å². The number of carbonyl (C=O) groups is 1. The van der Waals surface area contributed by atoms with Crippen LogP contribution in [0.3, 0.4) is 0 Å². The van der Waals surface area contributed by atoms with E-state index in [0.717, 1.165) is 19.0 Å². The zero-order chi connectivity index (χ0) is 12.0. The second kappa shape index (κ2) is 6.58. The highest BCUT2D eigenvalue weighted by Crippen LogP contribution is 2.07. The number of nitrogens with zero attached hydrogens (tertiary/aromatic N) is 1. The van der Waals surface area contributed by atoms with Crippen LogP contribution in [-0.4, -0.2) is 22.3 Å². The summed E-state index contributed by atoms with van der Waals surface area (Å²) in [5, 5.41) is 2.73. The molecule has 3 nitrogen and oxygen atoms in total. The molecule has 1 heterocycles. The minimum atomic E-state index is -0.442. The predicted octanol–water partition coefficient (Wildman–Crippen LogP) is 2.51. The van der Waals surface area contributed by atoms with Gasteiger partial charge < -0.3 is 5.32 Å². The number of nitrogens with one attached hydrogen (secondary N) is 1. The number of aromatic nitrogens is 1. The van der Waals surface area contributed by atoms with Crippen LogP contribution in [-0.2, 0) is 0 Å². The van der Waals surface area contributed by atoms with E-state index < -0.39 is 5.82 Å². The first-order chi connectivity index (χ1) is 7.63. The minimum Gasteiger partial charge on any atom is -0.351 e. The molecule has 0 aliphatic rings. The van der Waals surface area contributed by atoms with Crippen LogP contribution < -0.4 is 5.32 Å². The fraction of sp³-hybridized carbons (Fsp3) is 0.455. The molecule has 0 spiro atoms. The van der Waals surface area contributed by atoms with Gasteiger partial charge in [0.15, 0.2) is 0 Å². The van der Waals surface area contributed by atoms with Crippen LogP contribution in [0.1, 0.15) is 30.3 Å². The van der Waals surface area contributed by atoms with E-state index in [-0.39, 0.29) is 11.6 Å². The van der Waals surface area contributed by atoms with Crippen molar-refractivity contribution in [2.75, 3.05) is 6.54 Å². The maximum absolute atomic E-state index is 12.6. The average Bonchev–Trinajstić information content (AvgIpc) is 2.29. The van der Waals surface area contributed by atoms with Crippen LogP contribution in [0.5, 0.6) is 0 Å². The summed E-state index contributed by atoms with van der Waals surface area (Å²) in [5.41, 5.74) is 0.240. The molecule has 0 aromatic carbocycles. The first kappa shape index (κ1) is 13.1. The van der Waals surface area contributed by atoms with Gasteiger partial charge in [-0.05, 0) is 25.0 Å². The molecule has 0 fully saturated rings. The standard InChI is InChI=1S/C11H14BrFN2O/c1-2-8(12)5-6-14-11(16)10-4-3-9(13)7-15-10/h3-4,7-8H,2,5-6H2,1H3,(H,14,16). The first-order valence-corrected chi connectivity index (χ1v) is 6.09. The summed E-state index contributed by atoms with van der Waals surface area (Å²) in [4.78, 5) is 15.6. The zero-order valence-corrected chi connectivity index (χ0v) is 10.6. The maximum atomic E-state index is 12.6. The van der Waals surface area contributed by atoms with Gasteiger partial charge in [-0.15, -0.1) is 0 Å². The predicted molar refractivity (Wildman–Crippen MR) is 64.2 cm³/mol. The van der Waals surface area contributed by atoms with Crippen molar-refractivity contribution < 1.29 is 9.18 Å². The number of rotatable bonds is 5. The molecular weight excluding hydrogens is 275 g/mol. The molecule has 5 heteroatoms. The quantitative estimate of drug-likeness (QED) is 0.846. The molecule has 16 heavy (non-hydrogen) atoms. The Labute approximate surface area is 103 Å². The van der Waals surface area contributed by atoms with E-state index in [1.54, 1.807) is 0 Å². The van der Waals surface area contributed by atoms with Crippen molar-refractivity contribution in [3.63, 3.8) is 0 Å². The Morgan fingerprint density at radius 1 is 1.62 bits per heavy atom. The Hall–Kier alpha value is -0.970. The smallest absolute Gasteiger partial charge is 0.269 e. The van der Waals surface area contributed by atoms with E-state index in [1.807, 2.05) is 0 Å². The van der Waals surface area contributed by atoms with E-state index in [9.17, 15) is 9.18 Å². The Balaban J connectivity index is 2.38. The normalized spacial score (nSPS) is 12.2. The molecule has 0 saturated carbocycles. The monoisotopic (exact) mass is 288 g/mol. The topological polar surface area (TPSA) is 42.0 Å². The molecule has 1 aromatic rings. The molecule has 0 saturated heterocycles. The summed E-state index contributed by atoms with van der Waals surface area (Å²) < 4.78 is 12.6. The van der Waals surface area contributed by atoms with Gasteiger partial charge in [0.25, 0.3) is 5.91 Å². The lowest BCUT2D eigenvalue weighted by Gasteiger charge is -2.07. The Bertz CT molecular complexity index is 342. The van der Waals surface area contributed by atoms with Crippen molar-refractivity contribution in [3.8, 4) is 0 Å². The summed E-state index contributed by atoms with van der Waals surface area (Å²) in [6.07, 6.45) is 2.92. The van der Waals surface area contributed by atoms with E-state index in [1.165, 1.54) is 12.1 Å².